The summed E-state index contributed by atoms with van der Waals surface area (Å²) in [4.78, 5) is 15.7. The first-order valence-electron chi connectivity index (χ1n) is 7.18. The lowest BCUT2D eigenvalue weighted by Gasteiger charge is -2.38. The summed E-state index contributed by atoms with van der Waals surface area (Å²) < 4.78 is 18.7. The normalized spacial score (nSPS) is 34.2. The first-order chi connectivity index (χ1) is 9.34. The van der Waals surface area contributed by atoms with E-state index < -0.39 is 11.9 Å². The van der Waals surface area contributed by atoms with Crippen LogP contribution in [-0.4, -0.2) is 17.1 Å². The second-order valence-electron chi connectivity index (χ2n) is 6.85. The molecule has 0 N–H and O–H groups in total. The Morgan fingerprint density at radius 1 is 1.40 bits per heavy atom. The first kappa shape index (κ1) is 13.5. The highest BCUT2D eigenvalue weighted by atomic mass is 19.1. The van der Waals surface area contributed by atoms with Crippen molar-refractivity contribution >= 4 is 5.97 Å². The Balaban J connectivity index is 1.78. The van der Waals surface area contributed by atoms with E-state index in [2.05, 4.69) is 25.8 Å². The highest BCUT2D eigenvalue weighted by molar-refractivity contribution is 5.87. The quantitative estimate of drug-likeness (QED) is 0.612. The van der Waals surface area contributed by atoms with Gasteiger partial charge in [-0.3, -0.25) is 0 Å². The third-order valence-corrected chi connectivity index (χ3v) is 5.89. The number of carbonyl (C=O) groups excluding carboxylic acids is 1. The topological polar surface area (TPSA) is 39.2 Å². The Morgan fingerprint density at radius 3 is 2.70 bits per heavy atom. The number of pyridine rings is 1. The van der Waals surface area contributed by atoms with E-state index >= 15 is 0 Å². The van der Waals surface area contributed by atoms with Crippen LogP contribution >= 0.6 is 0 Å². The fraction of sp³-hybridized carbons (Fsp3) is 0.625. The van der Waals surface area contributed by atoms with Crippen molar-refractivity contribution in [2.24, 2.45) is 16.7 Å². The Kier molecular flexibility index (Phi) is 2.89. The SMILES string of the molecule is CC1(C)C2CCC1(C)C(OC(=O)c1cccc(F)n1)C2. The summed E-state index contributed by atoms with van der Waals surface area (Å²) in [6, 6.07) is 4.19. The third kappa shape index (κ3) is 1.77. The number of ether oxygens (including phenoxy) is 1. The van der Waals surface area contributed by atoms with Crippen molar-refractivity contribution in [3.8, 4) is 0 Å². The molecule has 3 atom stereocenters. The second kappa shape index (κ2) is 4.27. The van der Waals surface area contributed by atoms with Crippen LogP contribution in [0.2, 0.25) is 0 Å². The van der Waals surface area contributed by atoms with Crippen LogP contribution in [0.4, 0.5) is 4.39 Å². The molecule has 0 radical (unpaired) electrons. The third-order valence-electron chi connectivity index (χ3n) is 5.89. The summed E-state index contributed by atoms with van der Waals surface area (Å²) >= 11 is 0. The number of halogens is 1. The summed E-state index contributed by atoms with van der Waals surface area (Å²) in [7, 11) is 0. The summed E-state index contributed by atoms with van der Waals surface area (Å²) in [6.45, 7) is 6.73. The minimum atomic E-state index is -0.654. The molecule has 0 saturated heterocycles. The van der Waals surface area contributed by atoms with Gasteiger partial charge in [-0.2, -0.15) is 4.39 Å². The van der Waals surface area contributed by atoms with E-state index in [1.165, 1.54) is 24.6 Å². The molecule has 3 rings (SSSR count). The minimum Gasteiger partial charge on any atom is -0.457 e. The van der Waals surface area contributed by atoms with Crippen molar-refractivity contribution in [1.29, 1.82) is 0 Å². The lowest BCUT2D eigenvalue weighted by molar-refractivity contribution is -0.0247. The van der Waals surface area contributed by atoms with E-state index in [0.29, 0.717) is 5.92 Å². The molecule has 108 valence electrons. The van der Waals surface area contributed by atoms with E-state index in [1.54, 1.807) is 0 Å². The molecule has 2 fully saturated rings. The van der Waals surface area contributed by atoms with Crippen molar-refractivity contribution in [2.45, 2.75) is 46.1 Å². The fourth-order valence-electron chi connectivity index (χ4n) is 4.02. The van der Waals surface area contributed by atoms with Crippen molar-refractivity contribution in [1.82, 2.24) is 4.98 Å². The molecular formula is C16H20FNO2. The van der Waals surface area contributed by atoms with Crippen molar-refractivity contribution in [3.63, 3.8) is 0 Å². The predicted molar refractivity (Wildman–Crippen MR) is 72.6 cm³/mol. The van der Waals surface area contributed by atoms with Gasteiger partial charge in [0.25, 0.3) is 0 Å². The summed E-state index contributed by atoms with van der Waals surface area (Å²) in [5, 5.41) is 0. The number of carbonyl (C=O) groups is 1. The van der Waals surface area contributed by atoms with Crippen LogP contribution in [0.15, 0.2) is 18.2 Å². The molecule has 1 aromatic rings. The number of hydrogen-bond donors (Lipinski definition) is 0. The molecule has 0 spiro atoms. The first-order valence-corrected chi connectivity index (χ1v) is 7.18. The van der Waals surface area contributed by atoms with Gasteiger partial charge in [0, 0.05) is 5.41 Å². The standard InChI is InChI=1S/C16H20FNO2/c1-15(2)10-7-8-16(15,3)12(9-10)20-14(19)11-5-4-6-13(17)18-11/h4-6,10,12H,7-9H2,1-3H3. The molecule has 2 bridgehead atoms. The minimum absolute atomic E-state index is 0.0145. The lowest BCUT2D eigenvalue weighted by atomic mass is 9.70. The van der Waals surface area contributed by atoms with Crippen LogP contribution in [0.3, 0.4) is 0 Å². The number of esters is 1. The molecule has 1 aromatic heterocycles. The Hall–Kier alpha value is -1.45. The van der Waals surface area contributed by atoms with Gasteiger partial charge < -0.3 is 4.74 Å². The number of aromatic nitrogens is 1. The fourth-order valence-corrected chi connectivity index (χ4v) is 4.02. The maximum Gasteiger partial charge on any atom is 0.357 e. The molecule has 0 aliphatic heterocycles. The van der Waals surface area contributed by atoms with Crippen LogP contribution in [0, 0.1) is 22.7 Å². The predicted octanol–water partition coefficient (Wildman–Crippen LogP) is 3.59. The van der Waals surface area contributed by atoms with Gasteiger partial charge in [-0.05, 0) is 42.7 Å². The Morgan fingerprint density at radius 2 is 2.15 bits per heavy atom. The van der Waals surface area contributed by atoms with Gasteiger partial charge in [0.2, 0.25) is 5.95 Å². The van der Waals surface area contributed by atoms with Gasteiger partial charge in [-0.25, -0.2) is 9.78 Å². The molecule has 3 nitrogen and oxygen atoms in total. The van der Waals surface area contributed by atoms with E-state index in [-0.39, 0.29) is 22.6 Å². The average molecular weight is 277 g/mol. The van der Waals surface area contributed by atoms with E-state index in [9.17, 15) is 9.18 Å². The van der Waals surface area contributed by atoms with Crippen molar-refractivity contribution in [3.05, 3.63) is 29.8 Å². The molecule has 1 heterocycles. The van der Waals surface area contributed by atoms with Crippen LogP contribution in [-0.2, 0) is 4.74 Å². The highest BCUT2D eigenvalue weighted by Crippen LogP contribution is 2.66. The molecule has 3 unspecified atom stereocenters. The van der Waals surface area contributed by atoms with Gasteiger partial charge >= 0.3 is 5.97 Å². The highest BCUT2D eigenvalue weighted by Gasteiger charge is 2.62. The van der Waals surface area contributed by atoms with Gasteiger partial charge in [-0.15, -0.1) is 0 Å². The number of fused-ring (bicyclic) bond motifs is 2. The number of nitrogens with zero attached hydrogens (tertiary/aromatic N) is 1. The zero-order valence-corrected chi connectivity index (χ0v) is 12.1. The summed E-state index contributed by atoms with van der Waals surface area (Å²) in [5.41, 5.74) is 0.253. The van der Waals surface area contributed by atoms with Crippen LogP contribution < -0.4 is 0 Å². The maximum atomic E-state index is 13.1. The van der Waals surface area contributed by atoms with E-state index in [1.807, 2.05) is 0 Å². The monoisotopic (exact) mass is 277 g/mol. The smallest absolute Gasteiger partial charge is 0.357 e. The largest absolute Gasteiger partial charge is 0.457 e. The van der Waals surface area contributed by atoms with Crippen LogP contribution in [0.25, 0.3) is 0 Å². The van der Waals surface area contributed by atoms with Crippen molar-refractivity contribution < 1.29 is 13.9 Å². The second-order valence-corrected chi connectivity index (χ2v) is 6.85. The van der Waals surface area contributed by atoms with Gasteiger partial charge in [-0.1, -0.05) is 26.8 Å². The molecule has 2 saturated carbocycles. The number of rotatable bonds is 2. The zero-order chi connectivity index (χ0) is 14.5. The van der Waals surface area contributed by atoms with Gasteiger partial charge in [0.05, 0.1) is 0 Å². The molecule has 2 aliphatic carbocycles. The molecular weight excluding hydrogens is 257 g/mol. The van der Waals surface area contributed by atoms with E-state index in [4.69, 9.17) is 4.74 Å². The van der Waals surface area contributed by atoms with Crippen LogP contribution in [0.1, 0.15) is 50.5 Å². The van der Waals surface area contributed by atoms with Gasteiger partial charge in [0.15, 0.2) is 5.69 Å². The number of hydrogen-bond acceptors (Lipinski definition) is 3. The summed E-state index contributed by atoms with van der Waals surface area (Å²) in [5.74, 6) is -0.566. The molecule has 0 aromatic carbocycles. The molecule has 0 amide bonds. The Bertz CT molecular complexity index is 557. The van der Waals surface area contributed by atoms with Crippen LogP contribution in [0.5, 0.6) is 0 Å². The average Bonchev–Trinajstić information content (AvgIpc) is 2.72. The van der Waals surface area contributed by atoms with Gasteiger partial charge in [0.1, 0.15) is 6.10 Å². The summed E-state index contributed by atoms with van der Waals surface area (Å²) in [6.07, 6.45) is 3.10. The Labute approximate surface area is 118 Å². The van der Waals surface area contributed by atoms with Crippen molar-refractivity contribution in [2.75, 3.05) is 0 Å². The molecule has 2 aliphatic rings. The zero-order valence-electron chi connectivity index (χ0n) is 12.1. The molecule has 20 heavy (non-hydrogen) atoms. The molecule has 4 heteroatoms. The maximum absolute atomic E-state index is 13.1. The lowest BCUT2D eigenvalue weighted by Crippen LogP contribution is -2.38. The van der Waals surface area contributed by atoms with E-state index in [0.717, 1.165) is 12.8 Å².